The fourth-order valence-electron chi connectivity index (χ4n) is 3.20. The molecular weight excluding hydrogens is 422 g/mol. The van der Waals surface area contributed by atoms with Gasteiger partial charge in [-0.25, -0.2) is 13.1 Å². The van der Waals surface area contributed by atoms with Crippen molar-refractivity contribution in [1.82, 2.24) is 20.1 Å². The molecule has 2 amide bonds. The van der Waals surface area contributed by atoms with Gasteiger partial charge in [0, 0.05) is 11.8 Å². The molecule has 3 heterocycles. The summed E-state index contributed by atoms with van der Waals surface area (Å²) in [5, 5.41) is 9.38. The number of fused-ring (bicyclic) bond motifs is 1. The van der Waals surface area contributed by atoms with Crippen molar-refractivity contribution >= 4 is 27.5 Å². The van der Waals surface area contributed by atoms with Crippen LogP contribution in [0, 0.1) is 0 Å². The molecule has 0 radical (unpaired) electrons. The number of sulfone groups is 1. The van der Waals surface area contributed by atoms with E-state index in [1.165, 1.54) is 11.8 Å². The SMILES string of the molecule is COc1ccc(-n2nc3c(c2NC(=O)C(=O)NCc2ccccn2)CS(=O)(=O)C3)cc1. The molecule has 4 rings (SSSR count). The highest BCUT2D eigenvalue weighted by Gasteiger charge is 2.33. The third-order valence-corrected chi connectivity index (χ3v) is 6.14. The minimum absolute atomic E-state index is 0.0807. The van der Waals surface area contributed by atoms with Crippen LogP contribution in [0.15, 0.2) is 48.7 Å². The second-order valence-electron chi connectivity index (χ2n) is 6.87. The minimum Gasteiger partial charge on any atom is -0.497 e. The van der Waals surface area contributed by atoms with Crippen LogP contribution >= 0.6 is 0 Å². The number of rotatable bonds is 5. The molecule has 3 aromatic rings. The molecule has 11 heteroatoms. The number of pyridine rings is 1. The lowest BCUT2D eigenvalue weighted by atomic mass is 10.2. The summed E-state index contributed by atoms with van der Waals surface area (Å²) in [5.41, 5.74) is 1.90. The van der Waals surface area contributed by atoms with E-state index in [0.717, 1.165) is 0 Å². The van der Waals surface area contributed by atoms with Crippen molar-refractivity contribution < 1.29 is 22.7 Å². The van der Waals surface area contributed by atoms with Crippen LogP contribution in [0.2, 0.25) is 0 Å². The summed E-state index contributed by atoms with van der Waals surface area (Å²) in [6, 6.07) is 12.1. The van der Waals surface area contributed by atoms with Crippen molar-refractivity contribution in [1.29, 1.82) is 0 Å². The van der Waals surface area contributed by atoms with Crippen LogP contribution in [0.4, 0.5) is 5.82 Å². The van der Waals surface area contributed by atoms with Crippen molar-refractivity contribution in [2.24, 2.45) is 0 Å². The van der Waals surface area contributed by atoms with E-state index < -0.39 is 21.7 Å². The number of amides is 2. The van der Waals surface area contributed by atoms with Crippen molar-refractivity contribution in [3.63, 3.8) is 0 Å². The number of carbonyl (C=O) groups is 2. The highest BCUT2D eigenvalue weighted by atomic mass is 32.2. The van der Waals surface area contributed by atoms with Gasteiger partial charge in [0.2, 0.25) is 0 Å². The number of hydrogen-bond donors (Lipinski definition) is 2. The van der Waals surface area contributed by atoms with Gasteiger partial charge in [0.25, 0.3) is 0 Å². The summed E-state index contributed by atoms with van der Waals surface area (Å²) in [6.45, 7) is 0.0807. The van der Waals surface area contributed by atoms with Crippen LogP contribution < -0.4 is 15.4 Å². The summed E-state index contributed by atoms with van der Waals surface area (Å²) in [7, 11) is -1.81. The number of ether oxygens (including phenoxy) is 1. The first-order chi connectivity index (χ1) is 14.9. The van der Waals surface area contributed by atoms with Gasteiger partial charge in [0.05, 0.1) is 42.2 Å². The summed E-state index contributed by atoms with van der Waals surface area (Å²) >= 11 is 0. The molecule has 2 N–H and O–H groups in total. The van der Waals surface area contributed by atoms with E-state index in [1.807, 2.05) is 0 Å². The Balaban J connectivity index is 1.58. The molecule has 0 atom stereocenters. The molecule has 0 saturated heterocycles. The first-order valence-electron chi connectivity index (χ1n) is 9.31. The molecule has 1 aromatic carbocycles. The van der Waals surface area contributed by atoms with Crippen molar-refractivity contribution in [2.75, 3.05) is 12.4 Å². The van der Waals surface area contributed by atoms with E-state index >= 15 is 0 Å². The molecule has 0 fully saturated rings. The largest absolute Gasteiger partial charge is 0.497 e. The fraction of sp³-hybridized carbons (Fsp3) is 0.200. The number of hydrogen-bond acceptors (Lipinski definition) is 7. The highest BCUT2D eigenvalue weighted by molar-refractivity contribution is 7.90. The zero-order valence-corrected chi connectivity index (χ0v) is 17.3. The molecule has 0 saturated carbocycles. The first-order valence-corrected chi connectivity index (χ1v) is 11.1. The molecule has 2 aromatic heterocycles. The number of carbonyl (C=O) groups excluding carboxylic acids is 2. The Labute approximate surface area is 178 Å². The lowest BCUT2D eigenvalue weighted by Crippen LogP contribution is -2.35. The number of benzene rings is 1. The molecule has 0 bridgehead atoms. The monoisotopic (exact) mass is 441 g/mol. The molecular formula is C20H19N5O5S. The summed E-state index contributed by atoms with van der Waals surface area (Å²) in [4.78, 5) is 28.9. The minimum atomic E-state index is -3.35. The van der Waals surface area contributed by atoms with Gasteiger partial charge in [-0.1, -0.05) is 6.07 Å². The smallest absolute Gasteiger partial charge is 0.314 e. The van der Waals surface area contributed by atoms with E-state index in [-0.39, 0.29) is 23.9 Å². The van der Waals surface area contributed by atoms with Gasteiger partial charge in [-0.2, -0.15) is 5.10 Å². The Morgan fingerprint density at radius 1 is 1.10 bits per heavy atom. The number of nitrogens with one attached hydrogen (secondary N) is 2. The molecule has 31 heavy (non-hydrogen) atoms. The predicted molar refractivity (Wildman–Crippen MR) is 111 cm³/mol. The number of aromatic nitrogens is 3. The normalized spacial score (nSPS) is 14.0. The Hall–Kier alpha value is -3.73. The lowest BCUT2D eigenvalue weighted by Gasteiger charge is -2.11. The van der Waals surface area contributed by atoms with Gasteiger partial charge in [-0.3, -0.25) is 14.6 Å². The van der Waals surface area contributed by atoms with Gasteiger partial charge in [-0.05, 0) is 36.4 Å². The van der Waals surface area contributed by atoms with Crippen molar-refractivity contribution in [3.8, 4) is 11.4 Å². The quantitative estimate of drug-likeness (QED) is 0.564. The van der Waals surface area contributed by atoms with Crippen LogP contribution in [0.3, 0.4) is 0 Å². The topological polar surface area (TPSA) is 132 Å². The molecule has 0 aliphatic carbocycles. The summed E-state index contributed by atoms with van der Waals surface area (Å²) in [5.74, 6) is -1.51. The Morgan fingerprint density at radius 2 is 1.87 bits per heavy atom. The second-order valence-corrected chi connectivity index (χ2v) is 8.94. The zero-order chi connectivity index (χ0) is 22.0. The van der Waals surface area contributed by atoms with Crippen LogP contribution in [-0.4, -0.2) is 42.1 Å². The lowest BCUT2D eigenvalue weighted by molar-refractivity contribution is -0.136. The van der Waals surface area contributed by atoms with E-state index in [2.05, 4.69) is 20.7 Å². The fourth-order valence-corrected chi connectivity index (χ4v) is 4.69. The second kappa shape index (κ2) is 8.19. The number of nitrogens with zero attached hydrogens (tertiary/aromatic N) is 3. The van der Waals surface area contributed by atoms with Crippen molar-refractivity contribution in [3.05, 3.63) is 65.6 Å². The first kappa shape index (κ1) is 20.5. The number of methoxy groups -OCH3 is 1. The Morgan fingerprint density at radius 3 is 2.55 bits per heavy atom. The van der Waals surface area contributed by atoms with Crippen LogP contribution in [0.25, 0.3) is 5.69 Å². The molecule has 0 spiro atoms. The van der Waals surface area contributed by atoms with Gasteiger partial charge in [0.1, 0.15) is 11.6 Å². The zero-order valence-electron chi connectivity index (χ0n) is 16.5. The molecule has 0 unspecified atom stereocenters. The Bertz CT molecular complexity index is 1240. The van der Waals surface area contributed by atoms with E-state index in [1.54, 1.807) is 48.7 Å². The molecule has 160 valence electrons. The van der Waals surface area contributed by atoms with Crippen LogP contribution in [-0.2, 0) is 37.5 Å². The number of anilines is 1. The standard InChI is InChI=1S/C20H19N5O5S/c1-30-15-7-5-14(6-8-15)25-18(16-11-31(28,29)12-17(16)24-25)23-20(27)19(26)22-10-13-4-2-3-9-21-13/h2-9H,10-12H2,1H3,(H,22,26)(H,23,27). The van der Waals surface area contributed by atoms with Crippen molar-refractivity contribution in [2.45, 2.75) is 18.1 Å². The maximum atomic E-state index is 12.5. The summed E-state index contributed by atoms with van der Waals surface area (Å²) in [6.07, 6.45) is 1.58. The van der Waals surface area contributed by atoms with Gasteiger partial charge >= 0.3 is 11.8 Å². The Kier molecular flexibility index (Phi) is 5.42. The van der Waals surface area contributed by atoms with E-state index in [0.29, 0.717) is 28.4 Å². The molecule has 10 nitrogen and oxygen atoms in total. The van der Waals surface area contributed by atoms with Gasteiger partial charge in [0.15, 0.2) is 9.84 Å². The van der Waals surface area contributed by atoms with E-state index in [4.69, 9.17) is 4.74 Å². The van der Waals surface area contributed by atoms with Crippen LogP contribution in [0.5, 0.6) is 5.75 Å². The van der Waals surface area contributed by atoms with Crippen LogP contribution in [0.1, 0.15) is 17.0 Å². The maximum Gasteiger partial charge on any atom is 0.314 e. The average molecular weight is 441 g/mol. The van der Waals surface area contributed by atoms with Gasteiger partial charge < -0.3 is 15.4 Å². The average Bonchev–Trinajstić information content (AvgIpc) is 3.25. The van der Waals surface area contributed by atoms with Gasteiger partial charge in [-0.15, -0.1) is 0 Å². The predicted octanol–water partition coefficient (Wildman–Crippen LogP) is 0.959. The molecule has 1 aliphatic heterocycles. The third kappa shape index (κ3) is 4.40. The highest BCUT2D eigenvalue weighted by Crippen LogP contribution is 2.33. The summed E-state index contributed by atoms with van der Waals surface area (Å²) < 4.78 is 30.7. The van der Waals surface area contributed by atoms with E-state index in [9.17, 15) is 18.0 Å². The third-order valence-electron chi connectivity index (χ3n) is 4.70. The molecule has 1 aliphatic rings. The maximum absolute atomic E-state index is 12.5.